The normalized spacial score (nSPS) is 14.9. The summed E-state index contributed by atoms with van der Waals surface area (Å²) in [5.74, 6) is 2.27. The molecular formula is C16H25NO3. The van der Waals surface area contributed by atoms with Gasteiger partial charge < -0.3 is 19.5 Å². The lowest BCUT2D eigenvalue weighted by Crippen LogP contribution is -2.27. The first-order chi connectivity index (χ1) is 9.78. The van der Waals surface area contributed by atoms with Crippen molar-refractivity contribution in [2.45, 2.75) is 45.7 Å². The van der Waals surface area contributed by atoms with Crippen LogP contribution in [0.25, 0.3) is 0 Å². The third-order valence-corrected chi connectivity index (χ3v) is 3.61. The van der Waals surface area contributed by atoms with Crippen LogP contribution < -0.4 is 19.5 Å². The van der Waals surface area contributed by atoms with Gasteiger partial charge in [0.1, 0.15) is 13.2 Å². The van der Waals surface area contributed by atoms with Crippen molar-refractivity contribution in [2.24, 2.45) is 0 Å². The van der Waals surface area contributed by atoms with Gasteiger partial charge in [0, 0.05) is 12.6 Å². The maximum atomic E-state index is 5.65. The van der Waals surface area contributed by atoms with Crippen LogP contribution in [0.4, 0.5) is 0 Å². The summed E-state index contributed by atoms with van der Waals surface area (Å²) in [5, 5.41) is 3.59. The number of methoxy groups -OCH3 is 1. The molecule has 1 aromatic carbocycles. The Hall–Kier alpha value is -1.42. The lowest BCUT2D eigenvalue weighted by Gasteiger charge is -2.22. The van der Waals surface area contributed by atoms with E-state index < -0.39 is 0 Å². The summed E-state index contributed by atoms with van der Waals surface area (Å²) in [6.07, 6.45) is 3.56. The average Bonchev–Trinajstić information content (AvgIpc) is 2.50. The van der Waals surface area contributed by atoms with E-state index in [1.807, 2.05) is 12.1 Å². The van der Waals surface area contributed by atoms with E-state index in [1.54, 1.807) is 7.11 Å². The zero-order valence-corrected chi connectivity index (χ0v) is 12.7. The van der Waals surface area contributed by atoms with Crippen LogP contribution >= 0.6 is 0 Å². The molecule has 0 fully saturated rings. The summed E-state index contributed by atoms with van der Waals surface area (Å²) in [6, 6.07) is 4.64. The second-order valence-electron chi connectivity index (χ2n) is 5.10. The molecule has 4 nitrogen and oxygen atoms in total. The van der Waals surface area contributed by atoms with Gasteiger partial charge in [-0.3, -0.25) is 0 Å². The molecule has 20 heavy (non-hydrogen) atoms. The van der Waals surface area contributed by atoms with Gasteiger partial charge >= 0.3 is 0 Å². The predicted octanol–water partition coefficient (Wildman–Crippen LogP) is 3.13. The molecule has 1 unspecified atom stereocenters. The Morgan fingerprint density at radius 1 is 1.25 bits per heavy atom. The quantitative estimate of drug-likeness (QED) is 0.832. The minimum atomic E-state index is 0.569. The van der Waals surface area contributed by atoms with E-state index in [4.69, 9.17) is 14.2 Å². The second-order valence-corrected chi connectivity index (χ2v) is 5.10. The Morgan fingerprint density at radius 2 is 2.05 bits per heavy atom. The summed E-state index contributed by atoms with van der Waals surface area (Å²) in [4.78, 5) is 0. The van der Waals surface area contributed by atoms with Crippen molar-refractivity contribution in [1.82, 2.24) is 5.32 Å². The maximum Gasteiger partial charge on any atom is 0.203 e. The average molecular weight is 279 g/mol. The van der Waals surface area contributed by atoms with Crippen LogP contribution in [0.2, 0.25) is 0 Å². The molecule has 1 aromatic rings. The van der Waals surface area contributed by atoms with Gasteiger partial charge in [-0.15, -0.1) is 0 Å². The van der Waals surface area contributed by atoms with Crippen molar-refractivity contribution in [3.05, 3.63) is 17.7 Å². The summed E-state index contributed by atoms with van der Waals surface area (Å²) in [7, 11) is 1.66. The highest BCUT2D eigenvalue weighted by Gasteiger charge is 2.18. The number of nitrogens with one attached hydrogen (secondary N) is 1. The fourth-order valence-corrected chi connectivity index (χ4v) is 2.49. The third kappa shape index (κ3) is 3.57. The van der Waals surface area contributed by atoms with Crippen LogP contribution in [0.1, 0.15) is 38.7 Å². The first kappa shape index (κ1) is 15.0. The van der Waals surface area contributed by atoms with Crippen molar-refractivity contribution in [2.75, 3.05) is 20.3 Å². The Morgan fingerprint density at radius 3 is 2.75 bits per heavy atom. The third-order valence-electron chi connectivity index (χ3n) is 3.61. The molecular weight excluding hydrogens is 254 g/mol. The highest BCUT2D eigenvalue weighted by molar-refractivity contribution is 5.54. The second kappa shape index (κ2) is 7.39. The monoisotopic (exact) mass is 279 g/mol. The highest BCUT2D eigenvalue weighted by Crippen LogP contribution is 2.40. The van der Waals surface area contributed by atoms with Crippen LogP contribution in [0.3, 0.4) is 0 Å². The number of rotatable bonds is 7. The van der Waals surface area contributed by atoms with Crippen molar-refractivity contribution in [3.8, 4) is 17.2 Å². The van der Waals surface area contributed by atoms with Crippen molar-refractivity contribution < 1.29 is 14.2 Å². The van der Waals surface area contributed by atoms with Crippen LogP contribution in [0.15, 0.2) is 12.1 Å². The molecule has 1 heterocycles. The van der Waals surface area contributed by atoms with E-state index in [1.165, 1.54) is 18.4 Å². The molecule has 4 heteroatoms. The SMILES string of the molecule is CCCC(CC)NCc1cc(OC)c2c(c1)OCCO2. The lowest BCUT2D eigenvalue weighted by molar-refractivity contribution is 0.165. The molecule has 0 spiro atoms. The van der Waals surface area contributed by atoms with Gasteiger partial charge in [0.25, 0.3) is 0 Å². The Kier molecular flexibility index (Phi) is 5.53. The van der Waals surface area contributed by atoms with Gasteiger partial charge in [-0.25, -0.2) is 0 Å². The largest absolute Gasteiger partial charge is 0.493 e. The van der Waals surface area contributed by atoms with E-state index >= 15 is 0 Å². The fourth-order valence-electron chi connectivity index (χ4n) is 2.49. The summed E-state index contributed by atoms with van der Waals surface area (Å²) in [5.41, 5.74) is 1.17. The number of fused-ring (bicyclic) bond motifs is 1. The zero-order valence-electron chi connectivity index (χ0n) is 12.7. The molecule has 0 bridgehead atoms. The fraction of sp³-hybridized carbons (Fsp3) is 0.625. The van der Waals surface area contributed by atoms with Crippen molar-refractivity contribution >= 4 is 0 Å². The van der Waals surface area contributed by atoms with Crippen LogP contribution in [0, 0.1) is 0 Å². The number of hydrogen-bond acceptors (Lipinski definition) is 4. The molecule has 0 aromatic heterocycles. The van der Waals surface area contributed by atoms with E-state index in [0.29, 0.717) is 19.3 Å². The Bertz CT molecular complexity index is 417. The summed E-state index contributed by atoms with van der Waals surface area (Å²) >= 11 is 0. The minimum absolute atomic E-state index is 0.569. The summed E-state index contributed by atoms with van der Waals surface area (Å²) in [6.45, 7) is 6.44. The van der Waals surface area contributed by atoms with Gasteiger partial charge in [-0.05, 0) is 30.5 Å². The van der Waals surface area contributed by atoms with E-state index in [0.717, 1.165) is 30.2 Å². The van der Waals surface area contributed by atoms with Crippen LogP contribution in [-0.4, -0.2) is 26.4 Å². The molecule has 1 atom stereocenters. The lowest BCUT2D eigenvalue weighted by atomic mass is 10.1. The summed E-state index contributed by atoms with van der Waals surface area (Å²) < 4.78 is 16.7. The first-order valence-corrected chi connectivity index (χ1v) is 7.48. The van der Waals surface area contributed by atoms with Crippen molar-refractivity contribution in [1.29, 1.82) is 0 Å². The predicted molar refractivity (Wildman–Crippen MR) is 79.8 cm³/mol. The molecule has 1 N–H and O–H groups in total. The molecule has 1 aliphatic rings. The van der Waals surface area contributed by atoms with Gasteiger partial charge in [-0.1, -0.05) is 20.3 Å². The minimum Gasteiger partial charge on any atom is -0.493 e. The Labute approximate surface area is 121 Å². The molecule has 2 rings (SSSR count). The van der Waals surface area contributed by atoms with Crippen molar-refractivity contribution in [3.63, 3.8) is 0 Å². The molecule has 1 aliphatic heterocycles. The topological polar surface area (TPSA) is 39.7 Å². The van der Waals surface area contributed by atoms with Gasteiger partial charge in [0.2, 0.25) is 5.75 Å². The molecule has 0 saturated carbocycles. The number of benzene rings is 1. The first-order valence-electron chi connectivity index (χ1n) is 7.48. The van der Waals surface area contributed by atoms with E-state index in [9.17, 15) is 0 Å². The molecule has 0 amide bonds. The van der Waals surface area contributed by atoms with Crippen LogP contribution in [-0.2, 0) is 6.54 Å². The molecule has 0 aliphatic carbocycles. The van der Waals surface area contributed by atoms with Gasteiger partial charge in [0.15, 0.2) is 11.5 Å². The number of ether oxygens (including phenoxy) is 3. The molecule has 0 radical (unpaired) electrons. The van der Waals surface area contributed by atoms with Crippen LogP contribution in [0.5, 0.6) is 17.2 Å². The van der Waals surface area contributed by atoms with Gasteiger partial charge in [-0.2, -0.15) is 0 Å². The Balaban J connectivity index is 2.08. The maximum absolute atomic E-state index is 5.65. The van der Waals surface area contributed by atoms with E-state index in [2.05, 4.69) is 19.2 Å². The highest BCUT2D eigenvalue weighted by atomic mass is 16.6. The smallest absolute Gasteiger partial charge is 0.203 e. The zero-order chi connectivity index (χ0) is 14.4. The van der Waals surface area contributed by atoms with Gasteiger partial charge in [0.05, 0.1) is 7.11 Å². The standard InChI is InChI=1S/C16H25NO3/c1-4-6-13(5-2)17-11-12-9-14(18-3)16-15(10-12)19-7-8-20-16/h9-10,13,17H,4-8,11H2,1-3H3. The van der Waals surface area contributed by atoms with E-state index in [-0.39, 0.29) is 0 Å². The molecule has 0 saturated heterocycles. The molecule has 112 valence electrons. The number of hydrogen-bond donors (Lipinski definition) is 1.